The average molecular weight is 253 g/mol. The van der Waals surface area contributed by atoms with Crippen LogP contribution < -0.4 is 5.32 Å². The first-order valence-electron chi connectivity index (χ1n) is 6.31. The summed E-state index contributed by atoms with van der Waals surface area (Å²) in [5.74, 6) is 0.200. The molecule has 19 heavy (non-hydrogen) atoms. The number of hydrogen-bond donors (Lipinski definition) is 1. The first kappa shape index (κ1) is 11.8. The predicted molar refractivity (Wildman–Crippen MR) is 74.1 cm³/mol. The van der Waals surface area contributed by atoms with E-state index >= 15 is 0 Å². The van der Waals surface area contributed by atoms with Gasteiger partial charge in [0.05, 0.1) is 7.11 Å². The van der Waals surface area contributed by atoms with E-state index in [2.05, 4.69) is 34.3 Å². The van der Waals surface area contributed by atoms with Gasteiger partial charge in [-0.3, -0.25) is 0 Å². The smallest absolute Gasteiger partial charge is 0.406 e. The number of carbonyl (C=O) groups excluding carboxylic acids is 1. The second-order valence-corrected chi connectivity index (χ2v) is 4.60. The minimum Gasteiger partial charge on any atom is -0.453 e. The zero-order valence-electron chi connectivity index (χ0n) is 10.7. The normalized spacial score (nSPS) is 12.7. The number of methoxy groups -OCH3 is 1. The summed E-state index contributed by atoms with van der Waals surface area (Å²) >= 11 is 0. The molecule has 0 bridgehead atoms. The van der Waals surface area contributed by atoms with Crippen LogP contribution in [0, 0.1) is 0 Å². The van der Waals surface area contributed by atoms with Gasteiger partial charge in [-0.2, -0.15) is 0 Å². The molecule has 0 saturated carbocycles. The molecule has 1 amide bonds. The van der Waals surface area contributed by atoms with E-state index in [9.17, 15) is 4.79 Å². The molecular weight excluding hydrogens is 238 g/mol. The maximum absolute atomic E-state index is 11.3. The van der Waals surface area contributed by atoms with Gasteiger partial charge in [0.1, 0.15) is 0 Å². The van der Waals surface area contributed by atoms with Gasteiger partial charge in [-0.1, -0.05) is 48.5 Å². The quantitative estimate of drug-likeness (QED) is 0.892. The zero-order chi connectivity index (χ0) is 13.2. The number of hydrogen-bond acceptors (Lipinski definition) is 2. The van der Waals surface area contributed by atoms with Gasteiger partial charge in [0.25, 0.3) is 0 Å². The van der Waals surface area contributed by atoms with E-state index in [-0.39, 0.29) is 12.0 Å². The van der Waals surface area contributed by atoms with Gasteiger partial charge in [0, 0.05) is 12.5 Å². The third-order valence-electron chi connectivity index (χ3n) is 3.60. The van der Waals surface area contributed by atoms with Crippen LogP contribution in [-0.4, -0.2) is 19.7 Å². The van der Waals surface area contributed by atoms with Crippen LogP contribution in [0.25, 0.3) is 11.1 Å². The van der Waals surface area contributed by atoms with E-state index in [1.807, 2.05) is 24.3 Å². The SMILES string of the molecule is COC(=O)NCC1c2ccccc2-c2ccccc21. The molecule has 0 unspecified atom stereocenters. The lowest BCUT2D eigenvalue weighted by atomic mass is 9.97. The Morgan fingerprint density at radius 2 is 1.58 bits per heavy atom. The van der Waals surface area contributed by atoms with Gasteiger partial charge in [0.15, 0.2) is 0 Å². The van der Waals surface area contributed by atoms with E-state index in [0.29, 0.717) is 6.54 Å². The highest BCUT2D eigenvalue weighted by Gasteiger charge is 2.27. The molecule has 0 spiro atoms. The van der Waals surface area contributed by atoms with Crippen LogP contribution in [-0.2, 0) is 4.74 Å². The van der Waals surface area contributed by atoms with Crippen molar-refractivity contribution >= 4 is 6.09 Å². The van der Waals surface area contributed by atoms with Gasteiger partial charge in [-0.25, -0.2) is 4.79 Å². The third kappa shape index (κ3) is 1.97. The van der Waals surface area contributed by atoms with E-state index in [0.717, 1.165) is 0 Å². The fourth-order valence-electron chi connectivity index (χ4n) is 2.74. The predicted octanol–water partition coefficient (Wildman–Crippen LogP) is 3.15. The first-order valence-corrected chi connectivity index (χ1v) is 6.31. The van der Waals surface area contributed by atoms with Crippen LogP contribution >= 0.6 is 0 Å². The van der Waals surface area contributed by atoms with Gasteiger partial charge in [-0.15, -0.1) is 0 Å². The summed E-state index contributed by atoms with van der Waals surface area (Å²) in [4.78, 5) is 11.3. The molecule has 3 heteroatoms. The minimum atomic E-state index is -0.387. The van der Waals surface area contributed by atoms with E-state index in [1.54, 1.807) is 0 Å². The Balaban J connectivity index is 1.98. The molecule has 1 N–H and O–H groups in total. The van der Waals surface area contributed by atoms with Crippen molar-refractivity contribution in [1.29, 1.82) is 0 Å². The maximum Gasteiger partial charge on any atom is 0.406 e. The summed E-state index contributed by atoms with van der Waals surface area (Å²) < 4.78 is 4.64. The van der Waals surface area contributed by atoms with Crippen molar-refractivity contribution < 1.29 is 9.53 Å². The second kappa shape index (κ2) is 4.76. The molecule has 1 aliphatic carbocycles. The van der Waals surface area contributed by atoms with Crippen LogP contribution in [0.2, 0.25) is 0 Å². The largest absolute Gasteiger partial charge is 0.453 e. The molecule has 0 aromatic heterocycles. The molecule has 0 fully saturated rings. The third-order valence-corrected chi connectivity index (χ3v) is 3.60. The number of carbonyl (C=O) groups is 1. The second-order valence-electron chi connectivity index (χ2n) is 4.60. The number of rotatable bonds is 2. The lowest BCUT2D eigenvalue weighted by molar-refractivity contribution is 0.171. The van der Waals surface area contributed by atoms with E-state index in [1.165, 1.54) is 29.4 Å². The molecule has 3 rings (SSSR count). The van der Waals surface area contributed by atoms with Gasteiger partial charge >= 0.3 is 6.09 Å². The van der Waals surface area contributed by atoms with Crippen LogP contribution in [0.1, 0.15) is 17.0 Å². The number of fused-ring (bicyclic) bond motifs is 3. The Bertz CT molecular complexity index is 576. The number of alkyl carbamates (subject to hydrolysis) is 1. The topological polar surface area (TPSA) is 38.3 Å². The van der Waals surface area contributed by atoms with Crippen LogP contribution in [0.15, 0.2) is 48.5 Å². The highest BCUT2D eigenvalue weighted by Crippen LogP contribution is 2.43. The Morgan fingerprint density at radius 1 is 1.05 bits per heavy atom. The van der Waals surface area contributed by atoms with E-state index in [4.69, 9.17) is 0 Å². The summed E-state index contributed by atoms with van der Waals surface area (Å²) in [7, 11) is 1.38. The van der Waals surface area contributed by atoms with E-state index < -0.39 is 0 Å². The lowest BCUT2D eigenvalue weighted by Crippen LogP contribution is -2.27. The van der Waals surface area contributed by atoms with Gasteiger partial charge in [0.2, 0.25) is 0 Å². The monoisotopic (exact) mass is 253 g/mol. The molecule has 0 heterocycles. The highest BCUT2D eigenvalue weighted by atomic mass is 16.5. The first-order chi connectivity index (χ1) is 9.31. The lowest BCUT2D eigenvalue weighted by Gasteiger charge is -2.13. The van der Waals surface area contributed by atoms with Crippen LogP contribution in [0.3, 0.4) is 0 Å². The van der Waals surface area contributed by atoms with Crippen molar-refractivity contribution in [2.45, 2.75) is 5.92 Å². The Morgan fingerprint density at radius 3 is 2.11 bits per heavy atom. The number of nitrogens with one attached hydrogen (secondary N) is 1. The molecule has 0 radical (unpaired) electrons. The van der Waals surface area contributed by atoms with Crippen LogP contribution in [0.5, 0.6) is 0 Å². The molecular formula is C16H15NO2. The minimum absolute atomic E-state index is 0.200. The Labute approximate surface area is 112 Å². The molecule has 2 aromatic rings. The summed E-state index contributed by atoms with van der Waals surface area (Å²) in [6.07, 6.45) is -0.387. The molecule has 1 aliphatic rings. The number of amides is 1. The summed E-state index contributed by atoms with van der Waals surface area (Å²) in [5.41, 5.74) is 5.05. The Kier molecular flexibility index (Phi) is 2.95. The van der Waals surface area contributed by atoms with Gasteiger partial charge in [-0.05, 0) is 22.3 Å². The van der Waals surface area contributed by atoms with Crippen molar-refractivity contribution in [1.82, 2.24) is 5.32 Å². The molecule has 96 valence electrons. The van der Waals surface area contributed by atoms with Crippen molar-refractivity contribution in [3.05, 3.63) is 59.7 Å². The number of ether oxygens (including phenoxy) is 1. The van der Waals surface area contributed by atoms with Crippen molar-refractivity contribution in [3.8, 4) is 11.1 Å². The molecule has 3 nitrogen and oxygen atoms in total. The van der Waals surface area contributed by atoms with Crippen molar-refractivity contribution in [3.63, 3.8) is 0 Å². The highest BCUT2D eigenvalue weighted by molar-refractivity contribution is 5.79. The molecule has 2 aromatic carbocycles. The molecule has 0 aliphatic heterocycles. The zero-order valence-corrected chi connectivity index (χ0v) is 10.7. The Hall–Kier alpha value is -2.29. The standard InChI is InChI=1S/C16H15NO2/c1-19-16(18)17-10-15-13-8-4-2-6-11(13)12-7-3-5-9-14(12)15/h2-9,15H,10H2,1H3,(H,17,18). The van der Waals surface area contributed by atoms with Gasteiger partial charge < -0.3 is 10.1 Å². The fourth-order valence-corrected chi connectivity index (χ4v) is 2.74. The van der Waals surface area contributed by atoms with Crippen molar-refractivity contribution in [2.24, 2.45) is 0 Å². The van der Waals surface area contributed by atoms with Crippen molar-refractivity contribution in [2.75, 3.05) is 13.7 Å². The molecule has 0 saturated heterocycles. The average Bonchev–Trinajstić information content (AvgIpc) is 2.79. The fraction of sp³-hybridized carbons (Fsp3) is 0.188. The maximum atomic E-state index is 11.3. The van der Waals surface area contributed by atoms with Crippen LogP contribution in [0.4, 0.5) is 4.79 Å². The summed E-state index contributed by atoms with van der Waals surface area (Å²) in [5, 5.41) is 2.79. The number of benzene rings is 2. The summed E-state index contributed by atoms with van der Waals surface area (Å²) in [6, 6.07) is 16.7. The summed E-state index contributed by atoms with van der Waals surface area (Å²) in [6.45, 7) is 0.556. The molecule has 0 atom stereocenters.